The molecule has 2 aromatic carbocycles. The summed E-state index contributed by atoms with van der Waals surface area (Å²) < 4.78 is 42.9. The lowest BCUT2D eigenvalue weighted by molar-refractivity contribution is -0.272. The summed E-state index contributed by atoms with van der Waals surface area (Å²) in [4.78, 5) is 39.2. The number of benzene rings is 2. The number of phenolic OH excluding ortho intramolecular Hbond substituents is 2. The van der Waals surface area contributed by atoms with Gasteiger partial charge in [-0.15, -0.1) is 5.10 Å². The van der Waals surface area contributed by atoms with Gasteiger partial charge in [-0.2, -0.15) is 0 Å². The number of esters is 1. The van der Waals surface area contributed by atoms with Gasteiger partial charge in [-0.05, 0) is 133 Å². The zero-order chi connectivity index (χ0) is 55.2. The first-order valence-corrected chi connectivity index (χ1v) is 28.1. The van der Waals surface area contributed by atoms with Crippen molar-refractivity contribution >= 4 is 29.8 Å². The molecule has 17 heteroatoms. The fourth-order valence-corrected chi connectivity index (χ4v) is 14.2. The highest BCUT2D eigenvalue weighted by Crippen LogP contribution is 2.70. The van der Waals surface area contributed by atoms with Crippen molar-refractivity contribution in [2.45, 2.75) is 129 Å². The molecular weight excluding hydrogens is 997 g/mol. The van der Waals surface area contributed by atoms with Crippen LogP contribution in [0.15, 0.2) is 77.7 Å². The molecule has 422 valence electrons. The van der Waals surface area contributed by atoms with E-state index in [-0.39, 0.29) is 94.8 Å². The maximum Gasteiger partial charge on any atom is 0.306 e. The summed E-state index contributed by atoms with van der Waals surface area (Å²) in [5, 5.41) is 42.4. The summed E-state index contributed by atoms with van der Waals surface area (Å²) in [6, 6.07) is 9.35. The standard InChI is InChI=1S/C61H80N4O13/c1-38-19-24-61(76-37-38)39(2)58-55(78-61)35-48-45-12-11-42-33-44(20-22-59(42,3)47(45)21-23-60(48,58)4)77-57(71)18-17-56(70)62-25-27-74-29-30-75-28-26-65-36-43(63-64-65)34-46(49(66)13-7-40-9-15-51(68)53(31-40)72-5)50(67)14-8-41-10-16-52(69)54(32-41)73-6/h7-11,13-16,31-32,36,38-39,44-45,47-48,55,58,66,68-69H,12,17-30,33-35,37H2,1-6H3,(H,62,70)/b13-7+,14-8+,49-46+/t38-,39+,44+,45-,47+,48+,55+,58+,59+,60+,61-/m1/s1. The zero-order valence-electron chi connectivity index (χ0n) is 46.2. The van der Waals surface area contributed by atoms with E-state index < -0.39 is 5.78 Å². The maximum absolute atomic E-state index is 13.6. The molecule has 3 heterocycles. The number of methoxy groups -OCH3 is 2. The van der Waals surface area contributed by atoms with E-state index >= 15 is 0 Å². The van der Waals surface area contributed by atoms with Crippen LogP contribution in [0, 0.1) is 46.3 Å². The van der Waals surface area contributed by atoms with Crippen molar-refractivity contribution in [3.05, 3.63) is 94.5 Å². The predicted molar refractivity (Wildman–Crippen MR) is 291 cm³/mol. The number of nitrogens with one attached hydrogen (secondary N) is 1. The summed E-state index contributed by atoms with van der Waals surface area (Å²) in [5.74, 6) is 2.21. The molecule has 17 nitrogen and oxygen atoms in total. The Balaban J connectivity index is 0.657. The Kier molecular flexibility index (Phi) is 17.9. The van der Waals surface area contributed by atoms with E-state index in [1.165, 1.54) is 63.3 Å². The van der Waals surface area contributed by atoms with Gasteiger partial charge in [-0.3, -0.25) is 14.4 Å². The summed E-state index contributed by atoms with van der Waals surface area (Å²) in [6.07, 6.45) is 19.7. The van der Waals surface area contributed by atoms with Crippen LogP contribution >= 0.6 is 0 Å². The van der Waals surface area contributed by atoms with Crippen molar-refractivity contribution in [3.63, 3.8) is 0 Å². The molecule has 1 aromatic heterocycles. The van der Waals surface area contributed by atoms with Crippen molar-refractivity contribution in [1.29, 1.82) is 0 Å². The lowest BCUT2D eigenvalue weighted by Gasteiger charge is -2.58. The van der Waals surface area contributed by atoms with E-state index in [1.807, 2.05) is 0 Å². The molecule has 2 aliphatic heterocycles. The van der Waals surface area contributed by atoms with Gasteiger partial charge in [0.2, 0.25) is 5.91 Å². The van der Waals surface area contributed by atoms with Gasteiger partial charge in [0.25, 0.3) is 0 Å². The minimum Gasteiger partial charge on any atom is -0.508 e. The highest BCUT2D eigenvalue weighted by Gasteiger charge is 2.68. The first-order chi connectivity index (χ1) is 37.5. The Labute approximate surface area is 458 Å². The Hall–Kier alpha value is -6.01. The summed E-state index contributed by atoms with van der Waals surface area (Å²) in [6.45, 7) is 12.4. The average molecular weight is 1080 g/mol. The fraction of sp³-hybridized carbons (Fsp3) is 0.590. The van der Waals surface area contributed by atoms with Crippen molar-refractivity contribution in [2.24, 2.45) is 46.3 Å². The number of nitrogens with zero attached hydrogens (tertiary/aromatic N) is 3. The normalized spacial score (nSPS) is 30.5. The van der Waals surface area contributed by atoms with E-state index in [1.54, 1.807) is 47.3 Å². The second-order valence-electron chi connectivity index (χ2n) is 23.1. The number of phenols is 2. The number of aliphatic hydroxyl groups excluding tert-OH is 1. The van der Waals surface area contributed by atoms with Gasteiger partial charge in [-0.25, -0.2) is 4.68 Å². The van der Waals surface area contributed by atoms with Gasteiger partial charge in [-0.1, -0.05) is 68.8 Å². The lowest BCUT2D eigenvalue weighted by Crippen LogP contribution is -2.52. The van der Waals surface area contributed by atoms with Gasteiger partial charge in [0.05, 0.1) is 72.0 Å². The van der Waals surface area contributed by atoms with Gasteiger partial charge in [0.1, 0.15) is 11.9 Å². The number of carbonyl (C=O) groups excluding carboxylic acids is 3. The van der Waals surface area contributed by atoms with Crippen molar-refractivity contribution in [2.75, 3.05) is 53.8 Å². The molecule has 3 aromatic rings. The number of amides is 1. The largest absolute Gasteiger partial charge is 0.508 e. The SMILES string of the molecule is COc1cc(/C=C/C(=O)/C(Cc2cn(CCOCCOCCNC(=O)CCC(=O)O[C@H]3CC[C@@]4(C)C(=CC[C@H]5[C@@H]6C[C@@H]7O[C@]8(CC[C@@H](C)CO8)[C@@H](C)[C@@H]7[C@@]6(C)CC[C@@H]54)C3)nn2)=C(O)\C=C\c2ccc(O)c(OC)c2)ccc1O. The van der Waals surface area contributed by atoms with Crippen molar-refractivity contribution in [1.82, 2.24) is 20.3 Å². The van der Waals surface area contributed by atoms with Crippen LogP contribution in [0.1, 0.15) is 115 Å². The van der Waals surface area contributed by atoms with Crippen LogP contribution in [-0.4, -0.2) is 120 Å². The van der Waals surface area contributed by atoms with Crippen LogP contribution in [-0.2, 0) is 51.0 Å². The third kappa shape index (κ3) is 12.4. The molecule has 0 bridgehead atoms. The first kappa shape index (κ1) is 56.7. The fourth-order valence-electron chi connectivity index (χ4n) is 14.2. The molecule has 11 atom stereocenters. The van der Waals surface area contributed by atoms with Crippen LogP contribution in [0.5, 0.6) is 23.0 Å². The molecule has 4 aliphatic carbocycles. The Morgan fingerprint density at radius 3 is 2.29 bits per heavy atom. The van der Waals surface area contributed by atoms with Crippen molar-refractivity contribution in [3.8, 4) is 23.0 Å². The molecule has 1 spiro atoms. The van der Waals surface area contributed by atoms with E-state index in [0.29, 0.717) is 91.3 Å². The number of rotatable bonds is 22. The number of allylic oxidation sites excluding steroid dienone is 4. The zero-order valence-corrected chi connectivity index (χ0v) is 46.2. The molecule has 0 unspecified atom stereocenters. The van der Waals surface area contributed by atoms with E-state index in [4.69, 9.17) is 33.2 Å². The maximum atomic E-state index is 13.6. The number of aromatic hydroxyl groups is 2. The lowest BCUT2D eigenvalue weighted by atomic mass is 9.47. The molecule has 9 rings (SSSR count). The highest BCUT2D eigenvalue weighted by molar-refractivity contribution is 6.07. The molecule has 5 fully saturated rings. The van der Waals surface area contributed by atoms with Gasteiger partial charge < -0.3 is 53.8 Å². The number of hydrogen-bond donors (Lipinski definition) is 4. The number of aliphatic hydroxyl groups is 1. The number of ether oxygens (including phenoxy) is 7. The van der Waals surface area contributed by atoms with Crippen LogP contribution in [0.2, 0.25) is 0 Å². The molecular formula is C61H80N4O13. The molecule has 78 heavy (non-hydrogen) atoms. The van der Waals surface area contributed by atoms with Crippen LogP contribution in [0.3, 0.4) is 0 Å². The predicted octanol–water partition coefficient (Wildman–Crippen LogP) is 9.27. The number of carbonyl (C=O) groups is 3. The third-order valence-corrected chi connectivity index (χ3v) is 18.4. The van der Waals surface area contributed by atoms with Gasteiger partial charge >= 0.3 is 5.97 Å². The van der Waals surface area contributed by atoms with Gasteiger partial charge in [0.15, 0.2) is 34.6 Å². The van der Waals surface area contributed by atoms with E-state index in [9.17, 15) is 29.7 Å². The molecule has 6 aliphatic rings. The molecule has 4 N–H and O–H groups in total. The van der Waals surface area contributed by atoms with Crippen LogP contribution in [0.4, 0.5) is 0 Å². The Morgan fingerprint density at radius 2 is 1.59 bits per heavy atom. The van der Waals surface area contributed by atoms with E-state index in [2.05, 4.69) is 49.4 Å². The smallest absolute Gasteiger partial charge is 0.306 e. The number of fused-ring (bicyclic) bond motifs is 7. The second kappa shape index (κ2) is 24.6. The monoisotopic (exact) mass is 1080 g/mol. The molecule has 3 saturated carbocycles. The second-order valence-corrected chi connectivity index (χ2v) is 23.1. The Bertz CT molecular complexity index is 2760. The number of hydrogen-bond acceptors (Lipinski definition) is 15. The molecule has 1 amide bonds. The highest BCUT2D eigenvalue weighted by atomic mass is 16.7. The molecule has 2 saturated heterocycles. The van der Waals surface area contributed by atoms with Crippen molar-refractivity contribution < 1.29 is 62.9 Å². The minimum atomic E-state index is -0.482. The Morgan fingerprint density at radius 1 is 0.872 bits per heavy atom. The van der Waals surface area contributed by atoms with Crippen LogP contribution < -0.4 is 14.8 Å². The van der Waals surface area contributed by atoms with Crippen LogP contribution in [0.25, 0.3) is 12.2 Å². The number of ketones is 1. The third-order valence-electron chi connectivity index (χ3n) is 18.4. The quantitative estimate of drug-likeness (QED) is 0.0184. The summed E-state index contributed by atoms with van der Waals surface area (Å²) in [5.41, 5.74) is 3.55. The topological polar surface area (TPSA) is 219 Å². The number of aromatic nitrogens is 3. The molecule has 0 radical (unpaired) electrons. The average Bonchev–Trinajstić information content (AvgIpc) is 4.31. The van der Waals surface area contributed by atoms with Gasteiger partial charge in [0, 0.05) is 49.9 Å². The first-order valence-electron chi connectivity index (χ1n) is 28.1. The summed E-state index contributed by atoms with van der Waals surface area (Å²) in [7, 11) is 2.86. The van der Waals surface area contributed by atoms with E-state index in [0.717, 1.165) is 45.1 Å². The summed E-state index contributed by atoms with van der Waals surface area (Å²) >= 11 is 0. The minimum absolute atomic E-state index is 0.0315.